The molecule has 0 unspecified atom stereocenters. The molecule has 0 fully saturated rings. The van der Waals surface area contributed by atoms with Crippen molar-refractivity contribution in [3.63, 3.8) is 0 Å². The molecule has 1 aromatic carbocycles. The summed E-state index contributed by atoms with van der Waals surface area (Å²) in [6.07, 6.45) is 3.65. The van der Waals surface area contributed by atoms with Crippen molar-refractivity contribution < 1.29 is 4.74 Å². The van der Waals surface area contributed by atoms with Crippen molar-refractivity contribution in [1.29, 1.82) is 0 Å². The van der Waals surface area contributed by atoms with Crippen LogP contribution in [-0.4, -0.2) is 21.1 Å². The molecule has 1 N–H and O–H groups in total. The minimum absolute atomic E-state index is 0.177. The smallest absolute Gasteiger partial charge is 0.141 e. The minimum atomic E-state index is 0.177. The predicted octanol–water partition coefficient (Wildman–Crippen LogP) is 3.72. The molecule has 0 amide bonds. The largest absolute Gasteiger partial charge is 0.491 e. The molecule has 3 rings (SSSR count). The summed E-state index contributed by atoms with van der Waals surface area (Å²) in [6, 6.07) is 8.10. The van der Waals surface area contributed by atoms with E-state index < -0.39 is 0 Å². The number of rotatable bonds is 3. The fourth-order valence-electron chi connectivity index (χ4n) is 2.33. The van der Waals surface area contributed by atoms with Gasteiger partial charge in [-0.25, -0.2) is 9.97 Å². The highest BCUT2D eigenvalue weighted by Crippen LogP contribution is 2.30. The lowest BCUT2D eigenvalue weighted by atomic mass is 10.0. The third-order valence-electron chi connectivity index (χ3n) is 3.18. The van der Waals surface area contributed by atoms with Crippen LogP contribution in [0.2, 0.25) is 0 Å². The third-order valence-corrected chi connectivity index (χ3v) is 3.18. The maximum atomic E-state index is 5.72. The normalized spacial score (nSPS) is 11.2. The molecule has 0 radical (unpaired) electrons. The number of hydrogen-bond acceptors (Lipinski definition) is 3. The second-order valence-electron chi connectivity index (χ2n) is 5.11. The average molecular weight is 267 g/mol. The summed E-state index contributed by atoms with van der Waals surface area (Å²) in [5, 5.41) is 1.04. The lowest BCUT2D eigenvalue weighted by molar-refractivity contribution is 0.242. The molecule has 0 aliphatic heterocycles. The van der Waals surface area contributed by atoms with Crippen LogP contribution in [0.5, 0.6) is 5.75 Å². The lowest BCUT2D eigenvalue weighted by Gasteiger charge is -2.12. The Kier molecular flexibility index (Phi) is 3.14. The van der Waals surface area contributed by atoms with Gasteiger partial charge in [-0.05, 0) is 50.6 Å². The van der Waals surface area contributed by atoms with Gasteiger partial charge in [-0.2, -0.15) is 0 Å². The summed E-state index contributed by atoms with van der Waals surface area (Å²) in [6.45, 7) is 6.12. The first-order valence-corrected chi connectivity index (χ1v) is 6.71. The van der Waals surface area contributed by atoms with Crippen LogP contribution in [0.3, 0.4) is 0 Å². The Hall–Kier alpha value is -2.36. The number of benzene rings is 1. The highest BCUT2D eigenvalue weighted by atomic mass is 16.5. The van der Waals surface area contributed by atoms with Gasteiger partial charge in [-0.3, -0.25) is 0 Å². The van der Waals surface area contributed by atoms with E-state index in [0.717, 1.165) is 33.6 Å². The average Bonchev–Trinajstić information content (AvgIpc) is 2.86. The van der Waals surface area contributed by atoms with E-state index in [-0.39, 0.29) is 6.10 Å². The third kappa shape index (κ3) is 2.25. The molecule has 102 valence electrons. The molecule has 0 aliphatic rings. The Morgan fingerprint density at radius 1 is 1.15 bits per heavy atom. The molecule has 4 nitrogen and oxygen atoms in total. The van der Waals surface area contributed by atoms with Crippen molar-refractivity contribution in [2.45, 2.75) is 26.9 Å². The van der Waals surface area contributed by atoms with Gasteiger partial charge in [-0.1, -0.05) is 0 Å². The quantitative estimate of drug-likeness (QED) is 0.786. The second-order valence-corrected chi connectivity index (χ2v) is 5.11. The fourth-order valence-corrected chi connectivity index (χ4v) is 2.33. The van der Waals surface area contributed by atoms with Crippen molar-refractivity contribution in [3.05, 3.63) is 42.4 Å². The molecule has 2 aromatic heterocycles. The van der Waals surface area contributed by atoms with Crippen LogP contribution in [0.1, 0.15) is 19.4 Å². The molecule has 0 atom stereocenters. The number of ether oxygens (including phenoxy) is 1. The Morgan fingerprint density at radius 3 is 2.75 bits per heavy atom. The van der Waals surface area contributed by atoms with E-state index in [1.165, 1.54) is 0 Å². The van der Waals surface area contributed by atoms with Crippen molar-refractivity contribution in [2.24, 2.45) is 0 Å². The summed E-state index contributed by atoms with van der Waals surface area (Å²) in [4.78, 5) is 11.8. The summed E-state index contributed by atoms with van der Waals surface area (Å²) < 4.78 is 5.72. The summed E-state index contributed by atoms with van der Waals surface area (Å²) in [7, 11) is 0. The standard InChI is InChI=1S/C16H17N3O/c1-10(2)20-12-4-5-13(11(3)8-12)15-14-6-7-17-16(14)19-9-18-15/h4-10H,1-3H3,(H,17,18,19). The Labute approximate surface area is 117 Å². The number of fused-ring (bicyclic) bond motifs is 1. The molecule has 0 aliphatic carbocycles. The number of aryl methyl sites for hydroxylation is 1. The maximum Gasteiger partial charge on any atom is 0.141 e. The number of aromatic nitrogens is 3. The van der Waals surface area contributed by atoms with E-state index in [1.807, 2.05) is 32.2 Å². The first kappa shape index (κ1) is 12.7. The SMILES string of the molecule is Cc1cc(OC(C)C)ccc1-c1ncnc2[nH]ccc12. The van der Waals surface area contributed by atoms with Crippen LogP contribution in [0.15, 0.2) is 36.8 Å². The maximum absolute atomic E-state index is 5.72. The molecule has 2 heterocycles. The number of aromatic amines is 1. The molecular formula is C16H17N3O. The van der Waals surface area contributed by atoms with E-state index in [1.54, 1.807) is 6.33 Å². The van der Waals surface area contributed by atoms with Gasteiger partial charge >= 0.3 is 0 Å². The van der Waals surface area contributed by atoms with Crippen LogP contribution in [0.25, 0.3) is 22.3 Å². The van der Waals surface area contributed by atoms with Crippen LogP contribution in [-0.2, 0) is 0 Å². The second kappa shape index (κ2) is 4.96. The Bertz CT molecular complexity index is 746. The van der Waals surface area contributed by atoms with Crippen LogP contribution < -0.4 is 4.74 Å². The monoisotopic (exact) mass is 267 g/mol. The van der Waals surface area contributed by atoms with Gasteiger partial charge in [0.25, 0.3) is 0 Å². The highest BCUT2D eigenvalue weighted by Gasteiger charge is 2.10. The van der Waals surface area contributed by atoms with E-state index in [4.69, 9.17) is 4.74 Å². The van der Waals surface area contributed by atoms with Crippen LogP contribution >= 0.6 is 0 Å². The van der Waals surface area contributed by atoms with Crippen molar-refractivity contribution >= 4 is 11.0 Å². The summed E-state index contributed by atoms with van der Waals surface area (Å²) in [5.74, 6) is 0.889. The highest BCUT2D eigenvalue weighted by molar-refractivity contribution is 5.91. The zero-order valence-corrected chi connectivity index (χ0v) is 11.8. The molecular weight excluding hydrogens is 250 g/mol. The number of hydrogen-bond donors (Lipinski definition) is 1. The lowest BCUT2D eigenvalue weighted by Crippen LogP contribution is -2.05. The van der Waals surface area contributed by atoms with Gasteiger partial charge in [-0.15, -0.1) is 0 Å². The van der Waals surface area contributed by atoms with Gasteiger partial charge in [0.1, 0.15) is 17.7 Å². The first-order chi connectivity index (χ1) is 9.65. The molecule has 20 heavy (non-hydrogen) atoms. The van der Waals surface area contributed by atoms with Gasteiger partial charge in [0, 0.05) is 17.1 Å². The van der Waals surface area contributed by atoms with Gasteiger partial charge in [0.05, 0.1) is 11.8 Å². The summed E-state index contributed by atoms with van der Waals surface area (Å²) in [5.41, 5.74) is 4.05. The fraction of sp³-hybridized carbons (Fsp3) is 0.250. The summed E-state index contributed by atoms with van der Waals surface area (Å²) >= 11 is 0. The topological polar surface area (TPSA) is 50.8 Å². The minimum Gasteiger partial charge on any atom is -0.491 e. The van der Waals surface area contributed by atoms with E-state index in [0.29, 0.717) is 0 Å². The number of nitrogens with one attached hydrogen (secondary N) is 1. The molecule has 3 aromatic rings. The van der Waals surface area contributed by atoms with Gasteiger partial charge in [0.15, 0.2) is 0 Å². The predicted molar refractivity (Wildman–Crippen MR) is 79.8 cm³/mol. The molecule has 0 bridgehead atoms. The molecule has 0 spiro atoms. The van der Waals surface area contributed by atoms with Crippen LogP contribution in [0.4, 0.5) is 0 Å². The van der Waals surface area contributed by atoms with Gasteiger partial charge < -0.3 is 9.72 Å². The van der Waals surface area contributed by atoms with Crippen LogP contribution in [0, 0.1) is 6.92 Å². The number of H-pyrrole nitrogens is 1. The number of nitrogens with zero attached hydrogens (tertiary/aromatic N) is 2. The van der Waals surface area contributed by atoms with Gasteiger partial charge in [0.2, 0.25) is 0 Å². The Balaban J connectivity index is 2.08. The zero-order chi connectivity index (χ0) is 14.1. The van der Waals surface area contributed by atoms with E-state index in [2.05, 4.69) is 34.0 Å². The molecule has 4 heteroatoms. The van der Waals surface area contributed by atoms with Crippen molar-refractivity contribution in [2.75, 3.05) is 0 Å². The zero-order valence-electron chi connectivity index (χ0n) is 11.8. The van der Waals surface area contributed by atoms with Crippen molar-refractivity contribution in [3.8, 4) is 17.0 Å². The molecule has 0 saturated heterocycles. The van der Waals surface area contributed by atoms with E-state index in [9.17, 15) is 0 Å². The van der Waals surface area contributed by atoms with E-state index >= 15 is 0 Å². The first-order valence-electron chi connectivity index (χ1n) is 6.71. The molecule has 0 saturated carbocycles. The van der Waals surface area contributed by atoms with Crippen molar-refractivity contribution in [1.82, 2.24) is 15.0 Å². The Morgan fingerprint density at radius 2 is 2.00 bits per heavy atom.